The molecule has 1 aliphatic heterocycles. The molecule has 2 heterocycles. The van der Waals surface area contributed by atoms with E-state index in [2.05, 4.69) is 28.3 Å². The second-order valence-electron chi connectivity index (χ2n) is 3.81. The van der Waals surface area contributed by atoms with Crippen molar-refractivity contribution in [2.45, 2.75) is 19.8 Å². The summed E-state index contributed by atoms with van der Waals surface area (Å²) in [4.78, 5) is 8.89. The zero-order valence-corrected chi connectivity index (χ0v) is 10.8. The van der Waals surface area contributed by atoms with Crippen LogP contribution < -0.4 is 5.32 Å². The van der Waals surface area contributed by atoms with Crippen molar-refractivity contribution >= 4 is 22.6 Å². The molecule has 0 fully saturated rings. The summed E-state index contributed by atoms with van der Waals surface area (Å²) >= 11 is 1.75. The standard InChI is InChI=1S/C13H17N3S/c1-2-3-8-15-13-16-12(7-10-17-13)11-6-4-5-9-14-11/h4-7,9H,2-3,8,10H2,1H3,(H,15,16). The molecule has 2 rings (SSSR count). The molecule has 17 heavy (non-hydrogen) atoms. The van der Waals surface area contributed by atoms with E-state index in [4.69, 9.17) is 0 Å². The van der Waals surface area contributed by atoms with Gasteiger partial charge in [0.2, 0.25) is 0 Å². The maximum Gasteiger partial charge on any atom is 0.161 e. The van der Waals surface area contributed by atoms with Gasteiger partial charge in [0.1, 0.15) is 0 Å². The fourth-order valence-corrected chi connectivity index (χ4v) is 2.29. The van der Waals surface area contributed by atoms with Crippen LogP contribution in [0.4, 0.5) is 0 Å². The number of rotatable bonds is 4. The highest BCUT2D eigenvalue weighted by Crippen LogP contribution is 2.17. The number of hydrogen-bond acceptors (Lipinski definition) is 3. The monoisotopic (exact) mass is 247 g/mol. The molecule has 0 bridgehead atoms. The van der Waals surface area contributed by atoms with Crippen LogP contribution in [0.2, 0.25) is 0 Å². The van der Waals surface area contributed by atoms with E-state index < -0.39 is 0 Å². The minimum atomic E-state index is 0.904. The smallest absolute Gasteiger partial charge is 0.161 e. The van der Waals surface area contributed by atoms with Crippen LogP contribution >= 0.6 is 11.8 Å². The Labute approximate surface area is 106 Å². The lowest BCUT2D eigenvalue weighted by atomic mass is 10.2. The third-order valence-corrected chi connectivity index (χ3v) is 3.29. The van der Waals surface area contributed by atoms with E-state index in [1.54, 1.807) is 11.8 Å². The van der Waals surface area contributed by atoms with Gasteiger partial charge in [-0.15, -0.1) is 0 Å². The Kier molecular flexibility index (Phi) is 4.62. The van der Waals surface area contributed by atoms with Gasteiger partial charge in [0.15, 0.2) is 5.17 Å². The predicted octanol–water partition coefficient (Wildman–Crippen LogP) is 2.92. The van der Waals surface area contributed by atoms with Crippen molar-refractivity contribution in [3.63, 3.8) is 0 Å². The molecule has 0 unspecified atom stereocenters. The number of unbranched alkanes of at least 4 members (excludes halogenated alkanes) is 1. The van der Waals surface area contributed by atoms with Crippen molar-refractivity contribution in [2.24, 2.45) is 4.99 Å². The summed E-state index contributed by atoms with van der Waals surface area (Å²) in [5.74, 6) is 0.962. The lowest BCUT2D eigenvalue weighted by Crippen LogP contribution is -2.23. The van der Waals surface area contributed by atoms with Crippen molar-refractivity contribution in [2.75, 3.05) is 12.3 Å². The number of aromatic nitrogens is 1. The second-order valence-corrected chi connectivity index (χ2v) is 4.82. The Bertz CT molecular complexity index is 412. The van der Waals surface area contributed by atoms with Gasteiger partial charge >= 0.3 is 0 Å². The summed E-state index contributed by atoms with van der Waals surface area (Å²) in [5.41, 5.74) is 2.05. The average molecular weight is 247 g/mol. The Hall–Kier alpha value is -1.29. The minimum absolute atomic E-state index is 0.904. The fourth-order valence-electron chi connectivity index (χ4n) is 1.52. The number of nitrogens with one attached hydrogen (secondary N) is 1. The van der Waals surface area contributed by atoms with Crippen LogP contribution in [0.25, 0.3) is 5.70 Å². The van der Waals surface area contributed by atoms with Crippen LogP contribution in [0.5, 0.6) is 0 Å². The van der Waals surface area contributed by atoms with Crippen LogP contribution in [0.3, 0.4) is 0 Å². The number of aliphatic imine (C=N–C) groups is 1. The highest BCUT2D eigenvalue weighted by molar-refractivity contribution is 8.14. The van der Waals surface area contributed by atoms with Gasteiger partial charge in [-0.2, -0.15) is 0 Å². The number of hydrogen-bond donors (Lipinski definition) is 1. The van der Waals surface area contributed by atoms with E-state index in [9.17, 15) is 0 Å². The highest BCUT2D eigenvalue weighted by Gasteiger charge is 2.11. The summed E-state index contributed by atoms with van der Waals surface area (Å²) in [6.45, 7) is 3.09. The van der Waals surface area contributed by atoms with Gasteiger partial charge in [-0.05, 0) is 24.6 Å². The Balaban J connectivity index is 2.02. The van der Waals surface area contributed by atoms with E-state index in [0.717, 1.165) is 35.3 Å². The fraction of sp³-hybridized carbons (Fsp3) is 0.385. The Morgan fingerprint density at radius 1 is 1.47 bits per heavy atom. The molecule has 0 spiro atoms. The van der Waals surface area contributed by atoms with Crippen LogP contribution in [0, 0.1) is 0 Å². The molecule has 4 heteroatoms. The first kappa shape index (κ1) is 12.2. The summed E-state index contributed by atoms with van der Waals surface area (Å²) < 4.78 is 0. The van der Waals surface area contributed by atoms with Gasteiger partial charge in [0.25, 0.3) is 0 Å². The maximum atomic E-state index is 4.55. The summed E-state index contributed by atoms with van der Waals surface area (Å²) in [6.07, 6.45) is 6.30. The van der Waals surface area contributed by atoms with E-state index in [1.807, 2.05) is 24.4 Å². The molecular weight excluding hydrogens is 230 g/mol. The summed E-state index contributed by atoms with van der Waals surface area (Å²) in [7, 11) is 0. The lowest BCUT2D eigenvalue weighted by molar-refractivity contribution is 0.807. The first-order valence-electron chi connectivity index (χ1n) is 5.96. The summed E-state index contributed by atoms with van der Waals surface area (Å²) in [5, 5.41) is 4.36. The molecule has 0 aromatic carbocycles. The zero-order chi connectivity index (χ0) is 11.9. The number of thioether (sulfide) groups is 1. The average Bonchev–Trinajstić information content (AvgIpc) is 2.41. The quantitative estimate of drug-likeness (QED) is 0.831. The molecule has 3 nitrogen and oxygen atoms in total. The predicted molar refractivity (Wildman–Crippen MR) is 75.0 cm³/mol. The van der Waals surface area contributed by atoms with Crippen LogP contribution in [-0.2, 0) is 0 Å². The van der Waals surface area contributed by atoms with Gasteiger partial charge in [0.05, 0.1) is 11.4 Å². The molecule has 90 valence electrons. The third-order valence-electron chi connectivity index (χ3n) is 2.46. The van der Waals surface area contributed by atoms with Crippen LogP contribution in [0.1, 0.15) is 25.5 Å². The van der Waals surface area contributed by atoms with Gasteiger partial charge in [-0.3, -0.25) is 9.98 Å². The summed E-state index contributed by atoms with van der Waals surface area (Å²) in [6, 6.07) is 5.94. The van der Waals surface area contributed by atoms with Crippen molar-refractivity contribution in [3.8, 4) is 0 Å². The first-order valence-corrected chi connectivity index (χ1v) is 6.94. The van der Waals surface area contributed by atoms with Crippen LogP contribution in [0.15, 0.2) is 35.5 Å². The van der Waals surface area contributed by atoms with Gasteiger partial charge in [-0.25, -0.2) is 0 Å². The van der Waals surface area contributed by atoms with E-state index in [1.165, 1.54) is 6.42 Å². The van der Waals surface area contributed by atoms with Gasteiger partial charge in [0, 0.05) is 18.5 Å². The molecule has 1 aliphatic rings. The van der Waals surface area contributed by atoms with Crippen LogP contribution in [-0.4, -0.2) is 22.4 Å². The molecule has 1 N–H and O–H groups in total. The normalized spacial score (nSPS) is 17.7. The van der Waals surface area contributed by atoms with Crippen molar-refractivity contribution in [1.82, 2.24) is 10.3 Å². The zero-order valence-electron chi connectivity index (χ0n) is 10.0. The molecule has 0 saturated heterocycles. The Morgan fingerprint density at radius 2 is 2.41 bits per heavy atom. The maximum absolute atomic E-state index is 4.55. The SMILES string of the molecule is CCCCN=C1NC(c2ccccn2)=CCS1. The van der Waals surface area contributed by atoms with E-state index in [-0.39, 0.29) is 0 Å². The largest absolute Gasteiger partial charge is 0.333 e. The third kappa shape index (κ3) is 3.60. The first-order chi connectivity index (χ1) is 8.40. The lowest BCUT2D eigenvalue weighted by Gasteiger charge is -2.16. The molecule has 0 atom stereocenters. The van der Waals surface area contributed by atoms with E-state index >= 15 is 0 Å². The Morgan fingerprint density at radius 3 is 3.18 bits per heavy atom. The van der Waals surface area contributed by atoms with Crippen molar-refractivity contribution in [3.05, 3.63) is 36.2 Å². The van der Waals surface area contributed by atoms with E-state index in [0.29, 0.717) is 0 Å². The van der Waals surface area contributed by atoms with Gasteiger partial charge in [-0.1, -0.05) is 31.2 Å². The number of nitrogens with zero attached hydrogens (tertiary/aromatic N) is 2. The number of pyridine rings is 1. The van der Waals surface area contributed by atoms with Gasteiger partial charge < -0.3 is 5.32 Å². The molecule has 0 amide bonds. The topological polar surface area (TPSA) is 37.3 Å². The number of amidine groups is 1. The van der Waals surface area contributed by atoms with Crippen molar-refractivity contribution < 1.29 is 0 Å². The molecule has 0 aliphatic carbocycles. The molecule has 0 radical (unpaired) electrons. The second kappa shape index (κ2) is 6.45. The molecule has 1 aromatic heterocycles. The molecular formula is C13H17N3S. The van der Waals surface area contributed by atoms with Crippen molar-refractivity contribution in [1.29, 1.82) is 0 Å². The highest BCUT2D eigenvalue weighted by atomic mass is 32.2. The molecule has 0 saturated carbocycles. The minimum Gasteiger partial charge on any atom is -0.333 e. The molecule has 1 aromatic rings.